The molecule has 0 aromatic rings. The minimum Gasteiger partial charge on any atom is -0.342 e. The SMILES string of the molecule is CCN1CCC(C(=O)N2CC3C(C2)C3C(C)=O)CC1. The number of nitrogens with zero attached hydrogens (tertiary/aromatic N) is 2. The highest BCUT2D eigenvalue weighted by Crippen LogP contribution is 2.52. The van der Waals surface area contributed by atoms with Gasteiger partial charge in [-0.3, -0.25) is 9.59 Å². The Morgan fingerprint density at radius 2 is 1.68 bits per heavy atom. The molecule has 106 valence electrons. The van der Waals surface area contributed by atoms with Crippen LogP contribution in [0.1, 0.15) is 26.7 Å². The molecular weight excluding hydrogens is 240 g/mol. The number of carbonyl (C=O) groups excluding carboxylic acids is 2. The summed E-state index contributed by atoms with van der Waals surface area (Å²) >= 11 is 0. The standard InChI is InChI=1S/C15H24N2O2/c1-3-16-6-4-11(5-7-16)15(19)17-8-12-13(9-17)14(12)10(2)18/h11-14H,3-9H2,1-2H3. The minimum absolute atomic E-state index is 0.232. The second-order valence-corrected chi connectivity index (χ2v) is 6.42. The zero-order valence-corrected chi connectivity index (χ0v) is 12.0. The Morgan fingerprint density at radius 1 is 1.11 bits per heavy atom. The van der Waals surface area contributed by atoms with E-state index in [1.54, 1.807) is 6.92 Å². The normalized spacial score (nSPS) is 35.3. The molecule has 0 aromatic carbocycles. The van der Waals surface area contributed by atoms with E-state index in [0.29, 0.717) is 23.5 Å². The molecular formula is C15H24N2O2. The van der Waals surface area contributed by atoms with Gasteiger partial charge in [-0.1, -0.05) is 6.92 Å². The largest absolute Gasteiger partial charge is 0.342 e. The van der Waals surface area contributed by atoms with E-state index in [1.165, 1.54) is 0 Å². The molecule has 0 radical (unpaired) electrons. The van der Waals surface area contributed by atoms with Crippen LogP contribution in [0.5, 0.6) is 0 Å². The van der Waals surface area contributed by atoms with Crippen LogP contribution >= 0.6 is 0 Å². The van der Waals surface area contributed by atoms with E-state index in [0.717, 1.165) is 45.6 Å². The van der Waals surface area contributed by atoms with Gasteiger partial charge in [-0.25, -0.2) is 0 Å². The lowest BCUT2D eigenvalue weighted by Crippen LogP contribution is -2.42. The van der Waals surface area contributed by atoms with E-state index in [9.17, 15) is 9.59 Å². The molecule has 0 bridgehead atoms. The van der Waals surface area contributed by atoms with Crippen LogP contribution in [0, 0.1) is 23.7 Å². The van der Waals surface area contributed by atoms with Crippen molar-refractivity contribution in [3.63, 3.8) is 0 Å². The van der Waals surface area contributed by atoms with Gasteiger partial charge in [-0.2, -0.15) is 0 Å². The molecule has 3 rings (SSSR count). The maximum absolute atomic E-state index is 12.5. The van der Waals surface area contributed by atoms with Gasteiger partial charge in [0.15, 0.2) is 0 Å². The van der Waals surface area contributed by atoms with Crippen LogP contribution < -0.4 is 0 Å². The van der Waals surface area contributed by atoms with Crippen molar-refractivity contribution in [1.29, 1.82) is 0 Å². The molecule has 2 saturated heterocycles. The summed E-state index contributed by atoms with van der Waals surface area (Å²) in [5, 5.41) is 0. The zero-order valence-electron chi connectivity index (χ0n) is 12.0. The fourth-order valence-electron chi connectivity index (χ4n) is 4.06. The summed E-state index contributed by atoms with van der Waals surface area (Å²) in [6.07, 6.45) is 2.02. The highest BCUT2D eigenvalue weighted by Gasteiger charge is 2.59. The molecule has 2 heterocycles. The number of hydrogen-bond donors (Lipinski definition) is 0. The topological polar surface area (TPSA) is 40.6 Å². The van der Waals surface area contributed by atoms with E-state index in [1.807, 2.05) is 4.90 Å². The first kappa shape index (κ1) is 13.1. The molecule has 3 fully saturated rings. The van der Waals surface area contributed by atoms with Crippen LogP contribution in [0.25, 0.3) is 0 Å². The van der Waals surface area contributed by atoms with E-state index in [-0.39, 0.29) is 11.8 Å². The van der Waals surface area contributed by atoms with Crippen molar-refractivity contribution in [2.75, 3.05) is 32.7 Å². The summed E-state index contributed by atoms with van der Waals surface area (Å²) < 4.78 is 0. The third-order valence-electron chi connectivity index (χ3n) is 5.36. The Kier molecular flexibility index (Phi) is 3.37. The molecule has 1 saturated carbocycles. The predicted molar refractivity (Wildman–Crippen MR) is 72.6 cm³/mol. The van der Waals surface area contributed by atoms with Crippen molar-refractivity contribution in [3.8, 4) is 0 Å². The van der Waals surface area contributed by atoms with E-state index < -0.39 is 0 Å². The quantitative estimate of drug-likeness (QED) is 0.764. The molecule has 3 aliphatic rings. The molecule has 2 aliphatic heterocycles. The number of fused-ring (bicyclic) bond motifs is 1. The Bertz CT molecular complexity index is 376. The molecule has 4 nitrogen and oxygen atoms in total. The lowest BCUT2D eigenvalue weighted by atomic mass is 9.95. The van der Waals surface area contributed by atoms with Crippen LogP contribution in [0.2, 0.25) is 0 Å². The van der Waals surface area contributed by atoms with Crippen LogP contribution in [-0.4, -0.2) is 54.2 Å². The van der Waals surface area contributed by atoms with Crippen molar-refractivity contribution < 1.29 is 9.59 Å². The van der Waals surface area contributed by atoms with Gasteiger partial charge in [0.1, 0.15) is 5.78 Å². The van der Waals surface area contributed by atoms with Crippen LogP contribution in [0.15, 0.2) is 0 Å². The number of rotatable bonds is 3. The Hall–Kier alpha value is -0.900. The lowest BCUT2D eigenvalue weighted by molar-refractivity contribution is -0.137. The molecule has 0 spiro atoms. The Labute approximate surface area is 115 Å². The van der Waals surface area contributed by atoms with Gasteiger partial charge in [0.25, 0.3) is 0 Å². The fraction of sp³-hybridized carbons (Fsp3) is 0.867. The first-order chi connectivity index (χ1) is 9.11. The van der Waals surface area contributed by atoms with E-state index in [4.69, 9.17) is 0 Å². The molecule has 19 heavy (non-hydrogen) atoms. The third kappa shape index (κ3) is 2.31. The van der Waals surface area contributed by atoms with E-state index >= 15 is 0 Å². The van der Waals surface area contributed by atoms with Gasteiger partial charge in [0.2, 0.25) is 5.91 Å². The zero-order chi connectivity index (χ0) is 13.6. The van der Waals surface area contributed by atoms with E-state index in [2.05, 4.69) is 11.8 Å². The highest BCUT2D eigenvalue weighted by molar-refractivity contribution is 5.84. The molecule has 2 unspecified atom stereocenters. The third-order valence-corrected chi connectivity index (χ3v) is 5.36. The van der Waals surface area contributed by atoms with Gasteiger partial charge in [0.05, 0.1) is 0 Å². The Morgan fingerprint density at radius 3 is 2.16 bits per heavy atom. The van der Waals surface area contributed by atoms with Gasteiger partial charge >= 0.3 is 0 Å². The predicted octanol–water partition coefficient (Wildman–Crippen LogP) is 1.01. The second-order valence-electron chi connectivity index (χ2n) is 6.42. The summed E-state index contributed by atoms with van der Waals surface area (Å²) in [4.78, 5) is 28.3. The summed E-state index contributed by atoms with van der Waals surface area (Å²) in [7, 11) is 0. The number of piperidine rings is 2. The van der Waals surface area contributed by atoms with Crippen molar-refractivity contribution in [2.24, 2.45) is 23.7 Å². The molecule has 1 amide bonds. The molecule has 1 aliphatic carbocycles. The number of amides is 1. The number of likely N-dealkylation sites (tertiary alicyclic amines) is 2. The minimum atomic E-state index is 0.232. The summed E-state index contributed by atoms with van der Waals surface area (Å²) in [5.41, 5.74) is 0. The number of ketones is 1. The van der Waals surface area contributed by atoms with Crippen molar-refractivity contribution in [1.82, 2.24) is 9.80 Å². The average molecular weight is 264 g/mol. The van der Waals surface area contributed by atoms with Gasteiger partial charge in [0, 0.05) is 24.9 Å². The fourth-order valence-corrected chi connectivity index (χ4v) is 4.06. The smallest absolute Gasteiger partial charge is 0.225 e. The van der Waals surface area contributed by atoms with Crippen molar-refractivity contribution in [2.45, 2.75) is 26.7 Å². The summed E-state index contributed by atoms with van der Waals surface area (Å²) in [6, 6.07) is 0. The van der Waals surface area contributed by atoms with Crippen LogP contribution in [-0.2, 0) is 9.59 Å². The Balaban J connectivity index is 1.50. The maximum Gasteiger partial charge on any atom is 0.225 e. The van der Waals surface area contributed by atoms with Crippen molar-refractivity contribution >= 4 is 11.7 Å². The van der Waals surface area contributed by atoms with Crippen LogP contribution in [0.3, 0.4) is 0 Å². The van der Waals surface area contributed by atoms with Gasteiger partial charge in [-0.05, 0) is 51.2 Å². The molecule has 0 aromatic heterocycles. The molecule has 4 heteroatoms. The average Bonchev–Trinajstić information content (AvgIpc) is 2.94. The maximum atomic E-state index is 12.5. The first-order valence-corrected chi connectivity index (χ1v) is 7.63. The lowest BCUT2D eigenvalue weighted by Gasteiger charge is -2.33. The number of carbonyl (C=O) groups is 2. The van der Waals surface area contributed by atoms with Crippen LogP contribution in [0.4, 0.5) is 0 Å². The molecule has 0 N–H and O–H groups in total. The monoisotopic (exact) mass is 264 g/mol. The van der Waals surface area contributed by atoms with Crippen molar-refractivity contribution in [3.05, 3.63) is 0 Å². The second kappa shape index (κ2) is 4.89. The van der Waals surface area contributed by atoms with Gasteiger partial charge < -0.3 is 9.80 Å². The first-order valence-electron chi connectivity index (χ1n) is 7.63. The highest BCUT2D eigenvalue weighted by atomic mass is 16.2. The molecule has 2 atom stereocenters. The van der Waals surface area contributed by atoms with Gasteiger partial charge in [-0.15, -0.1) is 0 Å². The summed E-state index contributed by atoms with van der Waals surface area (Å²) in [6.45, 7) is 8.75. The number of Topliss-reactive ketones (excluding diaryl/α,β-unsaturated/α-hetero) is 1. The number of hydrogen-bond acceptors (Lipinski definition) is 3. The summed E-state index contributed by atoms with van der Waals surface area (Å²) in [5.74, 6) is 2.14.